The van der Waals surface area contributed by atoms with E-state index in [2.05, 4.69) is 0 Å². The average molecular weight is 288 g/mol. The molecule has 1 aromatic heterocycles. The number of benzene rings is 1. The van der Waals surface area contributed by atoms with Crippen LogP contribution in [0.5, 0.6) is 5.75 Å². The molecule has 0 atom stereocenters. The van der Waals surface area contributed by atoms with Gasteiger partial charge in [0.1, 0.15) is 11.3 Å². The first-order valence-corrected chi connectivity index (χ1v) is 6.77. The van der Waals surface area contributed by atoms with Crippen molar-refractivity contribution in [1.29, 1.82) is 0 Å². The fourth-order valence-corrected chi connectivity index (χ4v) is 2.40. The van der Waals surface area contributed by atoms with Crippen LogP contribution in [0.15, 0.2) is 35.4 Å². The van der Waals surface area contributed by atoms with Gasteiger partial charge in [0.25, 0.3) is 0 Å². The number of ether oxygens (including phenoxy) is 1. The molecule has 3 rings (SSSR count). The molecule has 0 unspecified atom stereocenters. The van der Waals surface area contributed by atoms with Gasteiger partial charge in [-0.05, 0) is 30.5 Å². The second-order valence-corrected chi connectivity index (χ2v) is 5.19. The second-order valence-electron chi connectivity index (χ2n) is 5.19. The molecule has 0 radical (unpaired) electrons. The summed E-state index contributed by atoms with van der Waals surface area (Å²) in [5, 5.41) is 9.17. The minimum absolute atomic E-state index is 0.0507. The molecule has 1 saturated carbocycles. The van der Waals surface area contributed by atoms with Crippen LogP contribution in [0, 0.1) is 0 Å². The van der Waals surface area contributed by atoms with Gasteiger partial charge in [-0.3, -0.25) is 9.13 Å². The standard InChI is InChI=1S/C15H16N2O4/c1-21-13-5-2-10(8-12(13)14(18)19)9-16-6-7-17(15(16)20)11-3-4-11/h2,5-8,11H,3-4,9H2,1H3,(H,18,19). The van der Waals surface area contributed by atoms with E-state index in [1.165, 1.54) is 7.11 Å². The summed E-state index contributed by atoms with van der Waals surface area (Å²) in [7, 11) is 1.43. The maximum absolute atomic E-state index is 12.2. The number of rotatable bonds is 5. The first-order chi connectivity index (χ1) is 10.1. The molecule has 0 spiro atoms. The monoisotopic (exact) mass is 288 g/mol. The van der Waals surface area contributed by atoms with Gasteiger partial charge in [0, 0.05) is 18.4 Å². The Morgan fingerprint density at radius 1 is 1.38 bits per heavy atom. The number of carboxylic acids is 1. The summed E-state index contributed by atoms with van der Waals surface area (Å²) < 4.78 is 8.35. The SMILES string of the molecule is COc1ccc(Cn2ccn(C3CC3)c2=O)cc1C(=O)O. The van der Waals surface area contributed by atoms with Crippen molar-refractivity contribution in [2.24, 2.45) is 0 Å². The lowest BCUT2D eigenvalue weighted by Crippen LogP contribution is -2.23. The predicted octanol–water partition coefficient (Wildman–Crippen LogP) is 1.74. The zero-order chi connectivity index (χ0) is 15.0. The number of methoxy groups -OCH3 is 1. The summed E-state index contributed by atoms with van der Waals surface area (Å²) >= 11 is 0. The van der Waals surface area contributed by atoms with Crippen molar-refractivity contribution in [3.05, 3.63) is 52.2 Å². The Bertz CT molecular complexity index is 740. The highest BCUT2D eigenvalue weighted by molar-refractivity contribution is 5.91. The van der Waals surface area contributed by atoms with Gasteiger partial charge in [-0.25, -0.2) is 9.59 Å². The molecule has 1 aromatic carbocycles. The van der Waals surface area contributed by atoms with Gasteiger partial charge in [0.15, 0.2) is 0 Å². The third-order valence-corrected chi connectivity index (χ3v) is 3.66. The van der Waals surface area contributed by atoms with Crippen LogP contribution in [0.1, 0.15) is 34.8 Å². The first-order valence-electron chi connectivity index (χ1n) is 6.77. The fourth-order valence-electron chi connectivity index (χ4n) is 2.40. The van der Waals surface area contributed by atoms with Crippen molar-refractivity contribution < 1.29 is 14.6 Å². The number of carbonyl (C=O) groups is 1. The fraction of sp³-hybridized carbons (Fsp3) is 0.333. The Hall–Kier alpha value is -2.50. The van der Waals surface area contributed by atoms with E-state index in [1.807, 2.05) is 0 Å². The predicted molar refractivity (Wildman–Crippen MR) is 76.0 cm³/mol. The molecular weight excluding hydrogens is 272 g/mol. The molecule has 2 aromatic rings. The molecule has 6 nitrogen and oxygen atoms in total. The number of aromatic nitrogens is 2. The first kappa shape index (κ1) is 13.5. The molecule has 0 saturated heterocycles. The third kappa shape index (κ3) is 2.56. The Balaban J connectivity index is 1.89. The van der Waals surface area contributed by atoms with E-state index in [1.54, 1.807) is 39.7 Å². The molecule has 1 aliphatic rings. The van der Waals surface area contributed by atoms with Gasteiger partial charge < -0.3 is 9.84 Å². The Morgan fingerprint density at radius 2 is 2.14 bits per heavy atom. The molecule has 110 valence electrons. The highest BCUT2D eigenvalue weighted by Crippen LogP contribution is 2.33. The third-order valence-electron chi connectivity index (χ3n) is 3.66. The van der Waals surface area contributed by atoms with Crippen molar-refractivity contribution in [2.75, 3.05) is 7.11 Å². The van der Waals surface area contributed by atoms with E-state index < -0.39 is 5.97 Å². The van der Waals surface area contributed by atoms with Gasteiger partial charge in [-0.2, -0.15) is 0 Å². The molecule has 6 heteroatoms. The summed E-state index contributed by atoms with van der Waals surface area (Å²) in [5.41, 5.74) is 0.804. The lowest BCUT2D eigenvalue weighted by atomic mass is 10.1. The highest BCUT2D eigenvalue weighted by atomic mass is 16.5. The Labute approximate surface area is 121 Å². The molecule has 1 aliphatic carbocycles. The van der Waals surface area contributed by atoms with Crippen LogP contribution in [0.4, 0.5) is 0 Å². The van der Waals surface area contributed by atoms with Crippen molar-refractivity contribution in [2.45, 2.75) is 25.4 Å². The smallest absolute Gasteiger partial charge is 0.339 e. The quantitative estimate of drug-likeness (QED) is 0.909. The van der Waals surface area contributed by atoms with Crippen molar-refractivity contribution in [1.82, 2.24) is 9.13 Å². The van der Waals surface area contributed by atoms with Crippen LogP contribution < -0.4 is 10.4 Å². The lowest BCUT2D eigenvalue weighted by Gasteiger charge is -2.08. The van der Waals surface area contributed by atoms with Crippen LogP contribution in [-0.4, -0.2) is 27.3 Å². The normalized spacial score (nSPS) is 14.1. The minimum Gasteiger partial charge on any atom is -0.496 e. The van der Waals surface area contributed by atoms with E-state index in [9.17, 15) is 14.7 Å². The van der Waals surface area contributed by atoms with E-state index >= 15 is 0 Å². The topological polar surface area (TPSA) is 73.5 Å². The van der Waals surface area contributed by atoms with Crippen molar-refractivity contribution >= 4 is 5.97 Å². The van der Waals surface area contributed by atoms with Gasteiger partial charge in [0.05, 0.1) is 13.7 Å². The molecule has 0 aliphatic heterocycles. The number of aromatic carboxylic acids is 1. The van der Waals surface area contributed by atoms with E-state index in [4.69, 9.17) is 4.74 Å². The van der Waals surface area contributed by atoms with Crippen LogP contribution in [0.25, 0.3) is 0 Å². The van der Waals surface area contributed by atoms with Crippen LogP contribution in [-0.2, 0) is 6.54 Å². The summed E-state index contributed by atoms with van der Waals surface area (Å²) in [5.74, 6) is -0.731. The number of hydrogen-bond acceptors (Lipinski definition) is 3. The van der Waals surface area contributed by atoms with E-state index in [0.717, 1.165) is 18.4 Å². The molecule has 1 heterocycles. The second kappa shape index (κ2) is 5.12. The summed E-state index contributed by atoms with van der Waals surface area (Å²) in [6.45, 7) is 0.350. The molecule has 1 fully saturated rings. The molecule has 0 amide bonds. The molecule has 1 N–H and O–H groups in total. The van der Waals surface area contributed by atoms with Crippen LogP contribution >= 0.6 is 0 Å². The van der Waals surface area contributed by atoms with Crippen molar-refractivity contribution in [3.63, 3.8) is 0 Å². The number of imidazole rings is 1. The zero-order valence-electron chi connectivity index (χ0n) is 11.7. The summed E-state index contributed by atoms with van der Waals surface area (Å²) in [4.78, 5) is 23.4. The Morgan fingerprint density at radius 3 is 2.76 bits per heavy atom. The lowest BCUT2D eigenvalue weighted by molar-refractivity contribution is 0.0693. The maximum atomic E-state index is 12.2. The molecule has 21 heavy (non-hydrogen) atoms. The van der Waals surface area contributed by atoms with Gasteiger partial charge >= 0.3 is 11.7 Å². The van der Waals surface area contributed by atoms with Crippen LogP contribution in [0.2, 0.25) is 0 Å². The molecular formula is C15H16N2O4. The van der Waals surface area contributed by atoms with Gasteiger partial charge in [0.2, 0.25) is 0 Å². The number of nitrogens with zero attached hydrogens (tertiary/aromatic N) is 2. The maximum Gasteiger partial charge on any atom is 0.339 e. The van der Waals surface area contributed by atoms with Gasteiger partial charge in [-0.15, -0.1) is 0 Å². The Kier molecular flexibility index (Phi) is 3.29. The van der Waals surface area contributed by atoms with Crippen molar-refractivity contribution in [3.8, 4) is 5.75 Å². The largest absolute Gasteiger partial charge is 0.496 e. The average Bonchev–Trinajstić information content (AvgIpc) is 3.25. The zero-order valence-corrected chi connectivity index (χ0v) is 11.7. The summed E-state index contributed by atoms with van der Waals surface area (Å²) in [6, 6.07) is 5.26. The highest BCUT2D eigenvalue weighted by Gasteiger charge is 2.25. The summed E-state index contributed by atoms with van der Waals surface area (Å²) in [6.07, 6.45) is 5.64. The number of hydrogen-bond donors (Lipinski definition) is 1. The van der Waals surface area contributed by atoms with E-state index in [-0.39, 0.29) is 11.3 Å². The minimum atomic E-state index is -1.04. The van der Waals surface area contributed by atoms with E-state index in [0.29, 0.717) is 18.3 Å². The van der Waals surface area contributed by atoms with Gasteiger partial charge in [-0.1, -0.05) is 6.07 Å². The van der Waals surface area contributed by atoms with Crippen LogP contribution in [0.3, 0.4) is 0 Å². The number of carboxylic acid groups (broad SMARTS) is 1. The molecule has 0 bridgehead atoms.